The van der Waals surface area contributed by atoms with Crippen molar-refractivity contribution < 1.29 is 32.2 Å². The topological polar surface area (TPSA) is 91.9 Å². The number of aryl methyl sites for hydroxylation is 1. The molecule has 160 valence electrons. The molecule has 2 aliphatic rings. The first-order valence-electron chi connectivity index (χ1n) is 8.94. The van der Waals surface area contributed by atoms with E-state index in [-0.39, 0.29) is 0 Å². The fourth-order valence-electron chi connectivity index (χ4n) is 3.30. The minimum absolute atomic E-state index is 0.297. The molecule has 0 bridgehead atoms. The number of nitrogens with zero attached hydrogens (tertiary/aromatic N) is 4. The highest BCUT2D eigenvalue weighted by molar-refractivity contribution is 7.15. The van der Waals surface area contributed by atoms with Crippen molar-refractivity contribution in [3.63, 3.8) is 0 Å². The van der Waals surface area contributed by atoms with E-state index in [2.05, 4.69) is 20.0 Å². The van der Waals surface area contributed by atoms with Crippen molar-refractivity contribution in [2.45, 2.75) is 25.7 Å². The highest BCUT2D eigenvalue weighted by atomic mass is 32.1. The Kier molecular flexibility index (Phi) is 6.75. The number of hydrogen-bond donors (Lipinski definition) is 1. The molecule has 2 atom stereocenters. The first-order chi connectivity index (χ1) is 13.7. The van der Waals surface area contributed by atoms with Gasteiger partial charge < -0.3 is 19.2 Å². The molecule has 4 heterocycles. The zero-order valence-corrected chi connectivity index (χ0v) is 16.4. The number of fused-ring (bicyclic) bond motifs is 1. The molecule has 0 radical (unpaired) electrons. The van der Waals surface area contributed by atoms with Gasteiger partial charge in [-0.1, -0.05) is 11.3 Å². The summed E-state index contributed by atoms with van der Waals surface area (Å²) in [7, 11) is 0. The van der Waals surface area contributed by atoms with Gasteiger partial charge in [0.1, 0.15) is 10.8 Å². The predicted molar refractivity (Wildman–Crippen MR) is 97.8 cm³/mol. The zero-order valence-electron chi connectivity index (χ0n) is 15.6. The molecular formula is C17H21F3N4O4S. The number of aromatic nitrogens is 2. The SMILES string of the molecule is Cc1nnc(N2C[C@@H]3CN(Cc4ccco4)CCO[C@@H]3C2)s1.O=C(O)C(F)(F)F. The van der Waals surface area contributed by atoms with Crippen LogP contribution < -0.4 is 4.90 Å². The van der Waals surface area contributed by atoms with Gasteiger partial charge in [0.25, 0.3) is 0 Å². The summed E-state index contributed by atoms with van der Waals surface area (Å²) in [6, 6.07) is 3.98. The van der Waals surface area contributed by atoms with E-state index in [1.807, 2.05) is 19.1 Å². The van der Waals surface area contributed by atoms with E-state index < -0.39 is 12.1 Å². The Bertz CT molecular complexity index is 799. The van der Waals surface area contributed by atoms with Crippen molar-refractivity contribution in [3.8, 4) is 0 Å². The summed E-state index contributed by atoms with van der Waals surface area (Å²) in [5.74, 6) is -1.22. The minimum atomic E-state index is -5.08. The van der Waals surface area contributed by atoms with Crippen LogP contribution in [-0.4, -0.2) is 71.2 Å². The number of furan rings is 1. The Morgan fingerprint density at radius 3 is 2.69 bits per heavy atom. The highest BCUT2D eigenvalue weighted by Gasteiger charge is 2.38. The van der Waals surface area contributed by atoms with Gasteiger partial charge in [0.15, 0.2) is 0 Å². The number of carboxylic acids is 1. The summed E-state index contributed by atoms with van der Waals surface area (Å²) in [6.45, 7) is 7.56. The third-order valence-electron chi connectivity index (χ3n) is 4.60. The van der Waals surface area contributed by atoms with E-state index in [4.69, 9.17) is 19.1 Å². The second-order valence-corrected chi connectivity index (χ2v) is 7.96. The van der Waals surface area contributed by atoms with Gasteiger partial charge in [0.05, 0.1) is 25.5 Å². The lowest BCUT2D eigenvalue weighted by molar-refractivity contribution is -0.192. The third kappa shape index (κ3) is 5.90. The first-order valence-corrected chi connectivity index (χ1v) is 9.75. The van der Waals surface area contributed by atoms with E-state index in [1.54, 1.807) is 17.6 Å². The average molecular weight is 434 g/mol. The van der Waals surface area contributed by atoms with Gasteiger partial charge in [-0.05, 0) is 19.1 Å². The van der Waals surface area contributed by atoms with Crippen molar-refractivity contribution >= 4 is 22.4 Å². The molecule has 2 aromatic heterocycles. The number of rotatable bonds is 3. The van der Waals surface area contributed by atoms with Crippen LogP contribution in [-0.2, 0) is 16.1 Å². The molecule has 0 aromatic carbocycles. The molecule has 4 rings (SSSR count). The molecule has 0 saturated carbocycles. The van der Waals surface area contributed by atoms with Crippen molar-refractivity contribution in [2.24, 2.45) is 5.92 Å². The fraction of sp³-hybridized carbons (Fsp3) is 0.588. The van der Waals surface area contributed by atoms with Crippen LogP contribution in [0.4, 0.5) is 18.3 Å². The van der Waals surface area contributed by atoms with Gasteiger partial charge in [-0.3, -0.25) is 4.90 Å². The first kappa shape index (κ1) is 21.5. The molecule has 2 aromatic rings. The lowest BCUT2D eigenvalue weighted by atomic mass is 10.1. The standard InChI is InChI=1S/C15H20N4O2S.C2HF3O2/c1-11-16-17-15(22-11)19-8-12-7-18(4-6-21-14(12)10-19)9-13-3-2-5-20-13;3-2(4,5)1(6)7/h2-3,5,12,14H,4,6-10H2,1H3;(H,6,7)/t12-,14+;/m0./s1. The Balaban J connectivity index is 0.000000298. The Labute approximate surface area is 168 Å². The second kappa shape index (κ2) is 9.09. The summed E-state index contributed by atoms with van der Waals surface area (Å²) in [6.07, 6.45) is -3.05. The molecular weight excluding hydrogens is 413 g/mol. The number of carbonyl (C=O) groups is 1. The quantitative estimate of drug-likeness (QED) is 0.788. The van der Waals surface area contributed by atoms with Crippen LogP contribution in [0.2, 0.25) is 0 Å². The number of halogens is 3. The monoisotopic (exact) mass is 434 g/mol. The van der Waals surface area contributed by atoms with Crippen LogP contribution in [0.5, 0.6) is 0 Å². The molecule has 1 N–H and O–H groups in total. The number of hydrogen-bond acceptors (Lipinski definition) is 8. The summed E-state index contributed by atoms with van der Waals surface area (Å²) >= 11 is 1.66. The van der Waals surface area contributed by atoms with Gasteiger partial charge in [-0.15, -0.1) is 10.2 Å². The predicted octanol–water partition coefficient (Wildman–Crippen LogP) is 2.41. The summed E-state index contributed by atoms with van der Waals surface area (Å²) in [4.78, 5) is 13.6. The number of carboxylic acid groups (broad SMARTS) is 1. The van der Waals surface area contributed by atoms with Crippen LogP contribution in [0, 0.1) is 12.8 Å². The van der Waals surface area contributed by atoms with Crippen molar-refractivity contribution in [1.82, 2.24) is 15.1 Å². The van der Waals surface area contributed by atoms with Crippen molar-refractivity contribution in [2.75, 3.05) is 37.7 Å². The molecule has 0 unspecified atom stereocenters. The number of aliphatic carboxylic acids is 1. The minimum Gasteiger partial charge on any atom is -0.475 e. The molecule has 2 aliphatic heterocycles. The highest BCUT2D eigenvalue weighted by Crippen LogP contribution is 2.30. The molecule has 0 spiro atoms. The fourth-order valence-corrected chi connectivity index (χ4v) is 4.00. The van der Waals surface area contributed by atoms with Gasteiger partial charge >= 0.3 is 12.1 Å². The maximum Gasteiger partial charge on any atom is 0.490 e. The van der Waals surface area contributed by atoms with Crippen molar-refractivity contribution in [1.29, 1.82) is 0 Å². The van der Waals surface area contributed by atoms with Crippen LogP contribution in [0.15, 0.2) is 22.8 Å². The molecule has 29 heavy (non-hydrogen) atoms. The van der Waals surface area contributed by atoms with E-state index in [0.717, 1.165) is 55.2 Å². The van der Waals surface area contributed by atoms with E-state index in [9.17, 15) is 13.2 Å². The van der Waals surface area contributed by atoms with E-state index in [1.165, 1.54) is 0 Å². The molecule has 12 heteroatoms. The zero-order chi connectivity index (χ0) is 21.0. The van der Waals surface area contributed by atoms with E-state index in [0.29, 0.717) is 12.0 Å². The summed E-state index contributed by atoms with van der Waals surface area (Å²) in [5, 5.41) is 17.6. The van der Waals surface area contributed by atoms with Crippen LogP contribution >= 0.6 is 11.3 Å². The molecule has 0 aliphatic carbocycles. The molecule has 2 saturated heterocycles. The molecule has 2 fully saturated rings. The van der Waals surface area contributed by atoms with Gasteiger partial charge in [0.2, 0.25) is 5.13 Å². The van der Waals surface area contributed by atoms with E-state index >= 15 is 0 Å². The van der Waals surface area contributed by atoms with Gasteiger partial charge in [-0.25, -0.2) is 4.79 Å². The second-order valence-electron chi connectivity index (χ2n) is 6.80. The largest absolute Gasteiger partial charge is 0.490 e. The third-order valence-corrected chi connectivity index (χ3v) is 5.50. The number of anilines is 1. The Morgan fingerprint density at radius 2 is 2.10 bits per heavy atom. The van der Waals surface area contributed by atoms with Crippen LogP contribution in [0.3, 0.4) is 0 Å². The Hall–Kier alpha value is -2.18. The summed E-state index contributed by atoms with van der Waals surface area (Å²) < 4.78 is 43.3. The summed E-state index contributed by atoms with van der Waals surface area (Å²) in [5.41, 5.74) is 0. The Morgan fingerprint density at radius 1 is 1.34 bits per heavy atom. The molecule has 0 amide bonds. The smallest absolute Gasteiger partial charge is 0.475 e. The number of alkyl halides is 3. The van der Waals surface area contributed by atoms with Crippen molar-refractivity contribution in [3.05, 3.63) is 29.2 Å². The molecule has 8 nitrogen and oxygen atoms in total. The maximum absolute atomic E-state index is 10.6. The van der Waals surface area contributed by atoms with Crippen LogP contribution in [0.25, 0.3) is 0 Å². The lowest BCUT2D eigenvalue weighted by Crippen LogP contribution is -2.32. The van der Waals surface area contributed by atoms with Crippen LogP contribution in [0.1, 0.15) is 10.8 Å². The number of ether oxygens (including phenoxy) is 1. The van der Waals surface area contributed by atoms with Gasteiger partial charge in [-0.2, -0.15) is 13.2 Å². The van der Waals surface area contributed by atoms with Gasteiger partial charge in [0, 0.05) is 32.1 Å². The lowest BCUT2D eigenvalue weighted by Gasteiger charge is -2.22. The maximum atomic E-state index is 10.6. The normalized spacial score (nSPS) is 22.6. The average Bonchev–Trinajstić information content (AvgIpc) is 3.35.